The van der Waals surface area contributed by atoms with Crippen LogP contribution in [0, 0.1) is 0 Å². The predicted octanol–water partition coefficient (Wildman–Crippen LogP) is 4.13. The Morgan fingerprint density at radius 3 is 3.00 bits per heavy atom. The Labute approximate surface area is 126 Å². The maximum Gasteiger partial charge on any atom is 0.185 e. The van der Waals surface area contributed by atoms with Gasteiger partial charge in [-0.05, 0) is 25.8 Å². The SMILES string of the molecule is CCOc1cc(Cl)cc2sc(CCCC(=O)S)nc12. The molecule has 0 saturated carbocycles. The molecule has 0 unspecified atom stereocenters. The van der Waals surface area contributed by atoms with Gasteiger partial charge in [0.15, 0.2) is 5.12 Å². The van der Waals surface area contributed by atoms with Crippen LogP contribution in [0.4, 0.5) is 0 Å². The summed E-state index contributed by atoms with van der Waals surface area (Å²) in [5, 5.41) is 1.56. The molecule has 2 aromatic rings. The lowest BCUT2D eigenvalue weighted by atomic mass is 10.2. The highest BCUT2D eigenvalue weighted by atomic mass is 35.5. The third kappa shape index (κ3) is 3.84. The van der Waals surface area contributed by atoms with Gasteiger partial charge in [0.1, 0.15) is 11.3 Å². The summed E-state index contributed by atoms with van der Waals surface area (Å²) >= 11 is 11.4. The molecule has 19 heavy (non-hydrogen) atoms. The van der Waals surface area contributed by atoms with Crippen LogP contribution >= 0.6 is 35.6 Å². The lowest BCUT2D eigenvalue weighted by Crippen LogP contribution is -1.93. The Morgan fingerprint density at radius 2 is 2.32 bits per heavy atom. The van der Waals surface area contributed by atoms with Gasteiger partial charge >= 0.3 is 0 Å². The van der Waals surface area contributed by atoms with Crippen LogP contribution in [0.2, 0.25) is 5.02 Å². The van der Waals surface area contributed by atoms with E-state index in [1.165, 1.54) is 0 Å². The summed E-state index contributed by atoms with van der Waals surface area (Å²) < 4.78 is 6.57. The second-order valence-corrected chi connectivity index (χ2v) is 6.09. The van der Waals surface area contributed by atoms with Crippen LogP contribution in [0.1, 0.15) is 24.8 Å². The van der Waals surface area contributed by atoms with Crippen molar-refractivity contribution in [2.45, 2.75) is 26.2 Å². The van der Waals surface area contributed by atoms with Crippen molar-refractivity contribution < 1.29 is 9.53 Å². The van der Waals surface area contributed by atoms with Crippen molar-refractivity contribution in [2.75, 3.05) is 6.61 Å². The average molecular weight is 316 g/mol. The molecular formula is C13H14ClNO2S2. The summed E-state index contributed by atoms with van der Waals surface area (Å²) in [5.74, 6) is 0.720. The molecule has 0 radical (unpaired) electrons. The first kappa shape index (κ1) is 14.6. The second-order valence-electron chi connectivity index (χ2n) is 4.04. The van der Waals surface area contributed by atoms with Crippen LogP contribution in [0.3, 0.4) is 0 Å². The van der Waals surface area contributed by atoms with E-state index in [2.05, 4.69) is 17.6 Å². The number of hydrogen-bond acceptors (Lipinski definition) is 4. The number of halogens is 1. The van der Waals surface area contributed by atoms with Gasteiger partial charge in [0.25, 0.3) is 0 Å². The van der Waals surface area contributed by atoms with Gasteiger partial charge in [0.05, 0.1) is 16.3 Å². The van der Waals surface area contributed by atoms with Crippen molar-refractivity contribution in [2.24, 2.45) is 0 Å². The molecule has 1 aromatic carbocycles. The van der Waals surface area contributed by atoms with E-state index < -0.39 is 0 Å². The molecule has 0 amide bonds. The first-order chi connectivity index (χ1) is 9.10. The number of ether oxygens (including phenoxy) is 1. The normalized spacial score (nSPS) is 10.9. The van der Waals surface area contributed by atoms with Crippen LogP contribution in [0.5, 0.6) is 5.75 Å². The smallest absolute Gasteiger partial charge is 0.185 e. The molecule has 2 rings (SSSR count). The molecule has 0 aliphatic heterocycles. The maximum absolute atomic E-state index is 10.8. The topological polar surface area (TPSA) is 39.2 Å². The van der Waals surface area contributed by atoms with E-state index in [0.717, 1.165) is 33.8 Å². The van der Waals surface area contributed by atoms with Crippen molar-refractivity contribution in [1.82, 2.24) is 4.98 Å². The molecule has 0 bridgehead atoms. The quantitative estimate of drug-likeness (QED) is 0.815. The van der Waals surface area contributed by atoms with Gasteiger partial charge < -0.3 is 4.74 Å². The first-order valence-electron chi connectivity index (χ1n) is 6.03. The minimum atomic E-state index is -0.0841. The molecule has 0 aliphatic rings. The summed E-state index contributed by atoms with van der Waals surface area (Å²) in [7, 11) is 0. The number of thiazole rings is 1. The Hall–Kier alpha value is -0.780. The van der Waals surface area contributed by atoms with E-state index in [1.54, 1.807) is 17.4 Å². The Morgan fingerprint density at radius 1 is 1.53 bits per heavy atom. The summed E-state index contributed by atoms with van der Waals surface area (Å²) in [5.41, 5.74) is 0.850. The van der Waals surface area contributed by atoms with E-state index in [0.29, 0.717) is 18.1 Å². The van der Waals surface area contributed by atoms with E-state index >= 15 is 0 Å². The Kier molecular flexibility index (Phi) is 5.07. The lowest BCUT2D eigenvalue weighted by molar-refractivity contribution is -0.110. The Bertz CT molecular complexity index is 598. The van der Waals surface area contributed by atoms with Crippen LogP contribution in [-0.4, -0.2) is 16.7 Å². The monoisotopic (exact) mass is 315 g/mol. The molecule has 0 atom stereocenters. The minimum Gasteiger partial charge on any atom is -0.492 e. The number of nitrogens with zero attached hydrogens (tertiary/aromatic N) is 1. The summed E-state index contributed by atoms with van der Waals surface area (Å²) in [6.07, 6.45) is 2.01. The standard InChI is InChI=1S/C13H14ClNO2S2/c1-2-17-9-6-8(14)7-10-13(9)15-11(19-10)4-3-5-12(16)18/h6-7H,2-5H2,1H3,(H,16,18). The fourth-order valence-corrected chi connectivity index (χ4v) is 3.27. The highest BCUT2D eigenvalue weighted by Gasteiger charge is 2.11. The maximum atomic E-state index is 10.8. The zero-order chi connectivity index (χ0) is 13.8. The van der Waals surface area contributed by atoms with Crippen LogP contribution in [-0.2, 0) is 11.2 Å². The summed E-state index contributed by atoms with van der Waals surface area (Å²) in [4.78, 5) is 15.4. The van der Waals surface area contributed by atoms with Crippen LogP contribution in [0.15, 0.2) is 12.1 Å². The fourth-order valence-electron chi connectivity index (χ4n) is 1.78. The average Bonchev–Trinajstić information content (AvgIpc) is 2.71. The van der Waals surface area contributed by atoms with Crippen molar-refractivity contribution in [3.63, 3.8) is 0 Å². The molecule has 0 spiro atoms. The molecule has 102 valence electrons. The molecule has 1 heterocycles. The zero-order valence-electron chi connectivity index (χ0n) is 10.5. The number of benzene rings is 1. The number of hydrogen-bond donors (Lipinski definition) is 1. The third-order valence-corrected chi connectivity index (χ3v) is 4.05. The molecule has 3 nitrogen and oxygen atoms in total. The van der Waals surface area contributed by atoms with Crippen molar-refractivity contribution in [3.05, 3.63) is 22.2 Å². The van der Waals surface area contributed by atoms with Gasteiger partial charge in [0.2, 0.25) is 0 Å². The number of aryl methyl sites for hydroxylation is 1. The van der Waals surface area contributed by atoms with Crippen molar-refractivity contribution in [1.29, 1.82) is 0 Å². The van der Waals surface area contributed by atoms with Gasteiger partial charge in [0, 0.05) is 17.5 Å². The van der Waals surface area contributed by atoms with Crippen LogP contribution in [0.25, 0.3) is 10.2 Å². The fraction of sp³-hybridized carbons (Fsp3) is 0.385. The molecule has 0 saturated heterocycles. The van der Waals surface area contributed by atoms with E-state index in [-0.39, 0.29) is 5.12 Å². The molecular weight excluding hydrogens is 302 g/mol. The van der Waals surface area contributed by atoms with Crippen molar-refractivity contribution in [3.8, 4) is 5.75 Å². The summed E-state index contributed by atoms with van der Waals surface area (Å²) in [6, 6.07) is 3.68. The Balaban J connectivity index is 2.23. The minimum absolute atomic E-state index is 0.0841. The van der Waals surface area contributed by atoms with Gasteiger partial charge in [-0.1, -0.05) is 11.6 Å². The van der Waals surface area contributed by atoms with Gasteiger partial charge in [-0.15, -0.1) is 24.0 Å². The molecule has 0 aliphatic carbocycles. The first-order valence-corrected chi connectivity index (χ1v) is 7.68. The van der Waals surface area contributed by atoms with Gasteiger partial charge in [-0.3, -0.25) is 4.79 Å². The van der Waals surface area contributed by atoms with Gasteiger partial charge in [-0.25, -0.2) is 4.98 Å². The number of thiol groups is 1. The molecule has 0 N–H and O–H groups in total. The second kappa shape index (κ2) is 6.59. The largest absolute Gasteiger partial charge is 0.492 e. The highest BCUT2D eigenvalue weighted by Crippen LogP contribution is 2.33. The highest BCUT2D eigenvalue weighted by molar-refractivity contribution is 7.96. The predicted molar refractivity (Wildman–Crippen MR) is 82.7 cm³/mol. The third-order valence-electron chi connectivity index (χ3n) is 2.55. The van der Waals surface area contributed by atoms with E-state index in [9.17, 15) is 4.79 Å². The van der Waals surface area contributed by atoms with Gasteiger partial charge in [-0.2, -0.15) is 0 Å². The molecule has 1 aromatic heterocycles. The number of carbonyl (C=O) groups is 1. The number of rotatable bonds is 6. The summed E-state index contributed by atoms with van der Waals surface area (Å²) in [6.45, 7) is 2.51. The zero-order valence-corrected chi connectivity index (χ0v) is 12.9. The molecule has 0 fully saturated rings. The number of fused-ring (bicyclic) bond motifs is 1. The molecule has 6 heteroatoms. The number of carbonyl (C=O) groups excluding carboxylic acids is 1. The van der Waals surface area contributed by atoms with Crippen molar-refractivity contribution >= 4 is 50.9 Å². The van der Waals surface area contributed by atoms with Crippen LogP contribution < -0.4 is 4.74 Å². The lowest BCUT2D eigenvalue weighted by Gasteiger charge is -2.03. The number of aromatic nitrogens is 1. The van der Waals surface area contributed by atoms with E-state index in [1.807, 2.05) is 13.0 Å². The van der Waals surface area contributed by atoms with E-state index in [4.69, 9.17) is 16.3 Å².